The van der Waals surface area contributed by atoms with Crippen molar-refractivity contribution in [2.24, 2.45) is 5.73 Å². The van der Waals surface area contributed by atoms with E-state index in [1.807, 2.05) is 6.07 Å². The minimum absolute atomic E-state index is 0.463. The maximum Gasteiger partial charge on any atom is 0.119 e. The minimum atomic E-state index is 0.463. The summed E-state index contributed by atoms with van der Waals surface area (Å²) in [5.74, 6) is 0.939. The van der Waals surface area contributed by atoms with Crippen LogP contribution in [0.15, 0.2) is 18.2 Å². The van der Waals surface area contributed by atoms with Crippen LogP contribution in [0.25, 0.3) is 0 Å². The van der Waals surface area contributed by atoms with Gasteiger partial charge in [0.1, 0.15) is 5.75 Å². The van der Waals surface area contributed by atoms with Crippen LogP contribution < -0.4 is 10.5 Å². The van der Waals surface area contributed by atoms with E-state index in [2.05, 4.69) is 24.1 Å². The smallest absolute Gasteiger partial charge is 0.119 e. The Labute approximate surface area is 90.8 Å². The molecule has 0 radical (unpaired) electrons. The van der Waals surface area contributed by atoms with Crippen LogP contribution in [0, 0.1) is 0 Å². The lowest BCUT2D eigenvalue weighted by molar-refractivity contribution is 0.220. The first kappa shape index (κ1) is 10.5. The number of likely N-dealkylation sites (N-methyl/N-ethyl adjacent to an activating group) is 1. The molecule has 1 aliphatic rings. The fourth-order valence-electron chi connectivity index (χ4n) is 2.14. The Hall–Kier alpha value is -1.06. The van der Waals surface area contributed by atoms with Crippen LogP contribution in [0.5, 0.6) is 5.75 Å². The van der Waals surface area contributed by atoms with Crippen LogP contribution >= 0.6 is 0 Å². The van der Waals surface area contributed by atoms with Crippen molar-refractivity contribution in [3.05, 3.63) is 29.3 Å². The highest BCUT2D eigenvalue weighted by Crippen LogP contribution is 2.25. The van der Waals surface area contributed by atoms with Crippen molar-refractivity contribution < 1.29 is 4.74 Å². The topological polar surface area (TPSA) is 38.5 Å². The molecule has 0 saturated heterocycles. The predicted molar refractivity (Wildman–Crippen MR) is 61.0 cm³/mol. The zero-order valence-electron chi connectivity index (χ0n) is 9.36. The Morgan fingerprint density at radius 3 is 2.93 bits per heavy atom. The van der Waals surface area contributed by atoms with Crippen LogP contribution in [0.4, 0.5) is 0 Å². The van der Waals surface area contributed by atoms with Gasteiger partial charge in [-0.1, -0.05) is 6.07 Å². The molecule has 0 saturated carbocycles. The molecule has 0 bridgehead atoms. The molecule has 1 aliphatic heterocycles. The maximum atomic E-state index is 5.75. The lowest BCUT2D eigenvalue weighted by atomic mass is 9.94. The molecular weight excluding hydrogens is 188 g/mol. The van der Waals surface area contributed by atoms with Crippen molar-refractivity contribution in [2.45, 2.75) is 19.0 Å². The summed E-state index contributed by atoms with van der Waals surface area (Å²) in [6, 6.07) is 6.77. The number of methoxy groups -OCH3 is 1. The number of ether oxygens (including phenoxy) is 1. The predicted octanol–water partition coefficient (Wildman–Crippen LogP) is 1.01. The van der Waals surface area contributed by atoms with Gasteiger partial charge in [-0.3, -0.25) is 4.90 Å². The molecule has 0 amide bonds. The number of nitrogens with zero attached hydrogens (tertiary/aromatic N) is 1. The molecule has 1 aromatic carbocycles. The van der Waals surface area contributed by atoms with Crippen LogP contribution in [-0.2, 0) is 13.0 Å². The summed E-state index contributed by atoms with van der Waals surface area (Å²) in [5.41, 5.74) is 8.52. The lowest BCUT2D eigenvalue weighted by Gasteiger charge is -2.33. The second-order valence-corrected chi connectivity index (χ2v) is 4.14. The van der Waals surface area contributed by atoms with Gasteiger partial charge in [0.15, 0.2) is 0 Å². The van der Waals surface area contributed by atoms with Crippen LogP contribution in [0.1, 0.15) is 11.1 Å². The molecule has 0 aliphatic carbocycles. The summed E-state index contributed by atoms with van der Waals surface area (Å²) in [4.78, 5) is 2.31. The van der Waals surface area contributed by atoms with Crippen molar-refractivity contribution in [2.75, 3.05) is 20.7 Å². The second kappa shape index (κ2) is 4.21. The van der Waals surface area contributed by atoms with Crippen molar-refractivity contribution in [3.63, 3.8) is 0 Å². The third-order valence-corrected chi connectivity index (χ3v) is 3.18. The number of nitrogens with two attached hydrogens (primary N) is 1. The Morgan fingerprint density at radius 1 is 1.47 bits per heavy atom. The molecule has 0 fully saturated rings. The van der Waals surface area contributed by atoms with Gasteiger partial charge in [-0.2, -0.15) is 0 Å². The zero-order chi connectivity index (χ0) is 10.8. The third kappa shape index (κ3) is 1.98. The van der Waals surface area contributed by atoms with E-state index in [1.54, 1.807) is 7.11 Å². The van der Waals surface area contributed by atoms with Gasteiger partial charge in [0.05, 0.1) is 7.11 Å². The number of benzene rings is 1. The molecule has 3 heteroatoms. The van der Waals surface area contributed by atoms with E-state index < -0.39 is 0 Å². The van der Waals surface area contributed by atoms with E-state index in [-0.39, 0.29) is 0 Å². The summed E-state index contributed by atoms with van der Waals surface area (Å²) >= 11 is 0. The van der Waals surface area contributed by atoms with Crippen molar-refractivity contribution in [1.82, 2.24) is 4.90 Å². The van der Waals surface area contributed by atoms with Gasteiger partial charge in [0, 0.05) is 19.1 Å². The van der Waals surface area contributed by atoms with Gasteiger partial charge in [0.2, 0.25) is 0 Å². The number of hydrogen-bond donors (Lipinski definition) is 1. The highest BCUT2D eigenvalue weighted by atomic mass is 16.5. The van der Waals surface area contributed by atoms with Crippen LogP contribution in [0.2, 0.25) is 0 Å². The monoisotopic (exact) mass is 206 g/mol. The van der Waals surface area contributed by atoms with E-state index in [9.17, 15) is 0 Å². The first-order valence-electron chi connectivity index (χ1n) is 5.30. The second-order valence-electron chi connectivity index (χ2n) is 4.14. The first-order chi connectivity index (χ1) is 7.24. The van der Waals surface area contributed by atoms with Crippen molar-refractivity contribution in [3.8, 4) is 5.75 Å². The molecule has 3 nitrogen and oxygen atoms in total. The molecule has 0 unspecified atom stereocenters. The summed E-state index contributed by atoms with van der Waals surface area (Å²) in [5, 5.41) is 0. The molecule has 1 heterocycles. The fourth-order valence-corrected chi connectivity index (χ4v) is 2.14. The zero-order valence-corrected chi connectivity index (χ0v) is 9.36. The Bertz CT molecular complexity index is 351. The van der Waals surface area contributed by atoms with Gasteiger partial charge in [-0.25, -0.2) is 0 Å². The normalized spacial score (nSPS) is 21.1. The highest BCUT2D eigenvalue weighted by Gasteiger charge is 2.22. The third-order valence-electron chi connectivity index (χ3n) is 3.18. The standard InChI is InChI=1S/C12H18N2O/c1-14-8-9-3-4-12(15-2)6-10(9)5-11(14)7-13/h3-4,6,11H,5,7-8,13H2,1-2H3/t11-/m0/s1. The Balaban J connectivity index is 2.29. The number of rotatable bonds is 2. The van der Waals surface area contributed by atoms with E-state index in [1.165, 1.54) is 11.1 Å². The van der Waals surface area contributed by atoms with Gasteiger partial charge in [0.25, 0.3) is 0 Å². The molecule has 2 N–H and O–H groups in total. The van der Waals surface area contributed by atoms with Gasteiger partial charge >= 0.3 is 0 Å². The van der Waals surface area contributed by atoms with Crippen molar-refractivity contribution in [1.29, 1.82) is 0 Å². The van der Waals surface area contributed by atoms with E-state index in [4.69, 9.17) is 10.5 Å². The molecule has 1 aromatic rings. The number of hydrogen-bond acceptors (Lipinski definition) is 3. The Kier molecular flexibility index (Phi) is 2.93. The van der Waals surface area contributed by atoms with E-state index in [0.29, 0.717) is 12.6 Å². The number of fused-ring (bicyclic) bond motifs is 1. The Morgan fingerprint density at radius 2 is 2.27 bits per heavy atom. The average molecular weight is 206 g/mol. The van der Waals surface area contributed by atoms with Crippen molar-refractivity contribution >= 4 is 0 Å². The largest absolute Gasteiger partial charge is 0.497 e. The first-order valence-corrected chi connectivity index (χ1v) is 5.30. The van der Waals surface area contributed by atoms with Gasteiger partial charge < -0.3 is 10.5 Å². The molecule has 15 heavy (non-hydrogen) atoms. The molecule has 0 spiro atoms. The molecular formula is C12H18N2O. The average Bonchev–Trinajstić information content (AvgIpc) is 2.27. The SMILES string of the molecule is COc1ccc2c(c1)C[C@@H](CN)N(C)C2. The summed E-state index contributed by atoms with van der Waals surface area (Å²) in [6.07, 6.45) is 1.03. The summed E-state index contributed by atoms with van der Waals surface area (Å²) in [6.45, 7) is 1.70. The molecule has 1 atom stereocenters. The molecule has 2 rings (SSSR count). The summed E-state index contributed by atoms with van der Waals surface area (Å²) in [7, 11) is 3.84. The van der Waals surface area contributed by atoms with Crippen LogP contribution in [0.3, 0.4) is 0 Å². The van der Waals surface area contributed by atoms with E-state index in [0.717, 1.165) is 18.7 Å². The molecule has 82 valence electrons. The quantitative estimate of drug-likeness (QED) is 0.785. The minimum Gasteiger partial charge on any atom is -0.497 e. The van der Waals surface area contributed by atoms with Crippen LogP contribution in [-0.4, -0.2) is 31.6 Å². The fraction of sp³-hybridized carbons (Fsp3) is 0.500. The van der Waals surface area contributed by atoms with Gasteiger partial charge in [-0.05, 0) is 36.7 Å². The maximum absolute atomic E-state index is 5.75. The van der Waals surface area contributed by atoms with Gasteiger partial charge in [-0.15, -0.1) is 0 Å². The van der Waals surface area contributed by atoms with E-state index >= 15 is 0 Å². The summed E-state index contributed by atoms with van der Waals surface area (Å²) < 4.78 is 5.23. The lowest BCUT2D eigenvalue weighted by Crippen LogP contribution is -2.42. The highest BCUT2D eigenvalue weighted by molar-refractivity contribution is 5.37. The molecule has 0 aromatic heterocycles.